The first-order chi connectivity index (χ1) is 12.2. The van der Waals surface area contributed by atoms with Crippen LogP contribution in [0.25, 0.3) is 0 Å². The Kier molecular flexibility index (Phi) is 6.25. The highest BCUT2D eigenvalue weighted by Gasteiger charge is 2.43. The Balaban J connectivity index is 1.77. The molecule has 1 fully saturated rings. The number of anilines is 1. The number of carbonyl (C=O) groups is 4. The molecule has 9 heteroatoms. The maximum absolute atomic E-state index is 12.0. The number of urea groups is 1. The van der Waals surface area contributed by atoms with E-state index >= 15 is 0 Å². The predicted octanol–water partition coefficient (Wildman–Crippen LogP) is 1.05. The van der Waals surface area contributed by atoms with E-state index in [-0.39, 0.29) is 30.0 Å². The molecule has 0 atom stereocenters. The third-order valence-corrected chi connectivity index (χ3v) is 4.71. The Labute approximate surface area is 156 Å². The molecule has 26 heavy (non-hydrogen) atoms. The first-order valence-corrected chi connectivity index (χ1v) is 9.24. The Hall–Kier alpha value is -2.55. The minimum atomic E-state index is -0.880. The van der Waals surface area contributed by atoms with Gasteiger partial charge in [0.15, 0.2) is 0 Å². The number of carbonyl (C=O) groups excluding carboxylic acids is 4. The Morgan fingerprint density at radius 1 is 1.27 bits per heavy atom. The van der Waals surface area contributed by atoms with Crippen LogP contribution in [0.3, 0.4) is 0 Å². The van der Waals surface area contributed by atoms with E-state index in [1.165, 1.54) is 18.8 Å². The fourth-order valence-electron chi connectivity index (χ4n) is 2.42. The number of thioether (sulfide) groups is 1. The van der Waals surface area contributed by atoms with Crippen LogP contribution in [-0.2, 0) is 9.59 Å². The average Bonchev–Trinajstić information content (AvgIpc) is 2.79. The zero-order chi connectivity index (χ0) is 19.3. The van der Waals surface area contributed by atoms with E-state index in [1.54, 1.807) is 38.1 Å². The summed E-state index contributed by atoms with van der Waals surface area (Å²) in [6.45, 7) is 3.56. The second-order valence-electron chi connectivity index (χ2n) is 6.27. The van der Waals surface area contributed by atoms with E-state index in [0.29, 0.717) is 17.0 Å². The number of imide groups is 1. The highest BCUT2D eigenvalue weighted by molar-refractivity contribution is 7.99. The summed E-state index contributed by atoms with van der Waals surface area (Å²) in [6, 6.07) is 6.23. The van der Waals surface area contributed by atoms with Gasteiger partial charge in [0.25, 0.3) is 11.8 Å². The number of hydrogen-bond donors (Lipinski definition) is 3. The van der Waals surface area contributed by atoms with Crippen LogP contribution in [-0.4, -0.2) is 59.3 Å². The lowest BCUT2D eigenvalue weighted by Gasteiger charge is -2.15. The van der Waals surface area contributed by atoms with Crippen molar-refractivity contribution in [2.45, 2.75) is 19.4 Å². The van der Waals surface area contributed by atoms with E-state index in [0.717, 1.165) is 4.90 Å². The molecular weight excluding hydrogens is 356 g/mol. The van der Waals surface area contributed by atoms with E-state index in [9.17, 15) is 19.2 Å². The number of nitrogens with one attached hydrogen (secondary N) is 3. The van der Waals surface area contributed by atoms with Crippen LogP contribution in [0.1, 0.15) is 24.2 Å². The number of nitrogens with zero attached hydrogens (tertiary/aromatic N) is 1. The lowest BCUT2D eigenvalue weighted by atomic mass is 10.1. The summed E-state index contributed by atoms with van der Waals surface area (Å²) in [5, 5.41) is 7.85. The lowest BCUT2D eigenvalue weighted by Crippen LogP contribution is -2.40. The van der Waals surface area contributed by atoms with Gasteiger partial charge in [-0.1, -0.05) is 6.07 Å². The lowest BCUT2D eigenvalue weighted by molar-refractivity contribution is -0.130. The van der Waals surface area contributed by atoms with Gasteiger partial charge < -0.3 is 16.0 Å². The molecule has 0 radical (unpaired) electrons. The van der Waals surface area contributed by atoms with Crippen molar-refractivity contribution in [2.75, 3.05) is 30.4 Å². The Bertz CT molecular complexity index is 735. The molecule has 8 nitrogen and oxygen atoms in total. The van der Waals surface area contributed by atoms with Gasteiger partial charge in [0, 0.05) is 30.6 Å². The minimum Gasteiger partial charge on any atom is -0.355 e. The van der Waals surface area contributed by atoms with Gasteiger partial charge in [-0.2, -0.15) is 11.8 Å². The molecule has 1 aromatic carbocycles. The zero-order valence-electron chi connectivity index (χ0n) is 14.9. The van der Waals surface area contributed by atoms with Crippen LogP contribution in [0.2, 0.25) is 0 Å². The third kappa shape index (κ3) is 4.75. The topological polar surface area (TPSA) is 108 Å². The summed E-state index contributed by atoms with van der Waals surface area (Å²) in [6.07, 6.45) is 0. The molecule has 0 aromatic heterocycles. The summed E-state index contributed by atoms with van der Waals surface area (Å²) in [4.78, 5) is 48.6. The molecule has 1 aliphatic rings. The molecule has 0 bridgehead atoms. The summed E-state index contributed by atoms with van der Waals surface area (Å²) in [5.41, 5.74) is 0.112. The SMILES string of the molecule is CNC(=O)c1cccc(NC(=O)CSCCN2C(=O)NC(C)(C)C2=O)c1. The van der Waals surface area contributed by atoms with Crippen molar-refractivity contribution in [3.05, 3.63) is 29.8 Å². The average molecular weight is 378 g/mol. The fraction of sp³-hybridized carbons (Fsp3) is 0.412. The second kappa shape index (κ2) is 8.22. The van der Waals surface area contributed by atoms with Gasteiger partial charge >= 0.3 is 6.03 Å². The van der Waals surface area contributed by atoms with Crippen molar-refractivity contribution in [1.29, 1.82) is 0 Å². The molecule has 140 valence electrons. The smallest absolute Gasteiger partial charge is 0.325 e. The molecular formula is C17H22N4O4S. The summed E-state index contributed by atoms with van der Waals surface area (Å²) in [5.74, 6) is -0.0786. The van der Waals surface area contributed by atoms with Crippen LogP contribution in [0.4, 0.5) is 10.5 Å². The van der Waals surface area contributed by atoms with Crippen LogP contribution in [0.15, 0.2) is 24.3 Å². The van der Waals surface area contributed by atoms with Crippen molar-refractivity contribution >= 4 is 41.2 Å². The first kappa shape index (κ1) is 19.8. The number of amides is 5. The summed E-state index contributed by atoms with van der Waals surface area (Å²) < 4.78 is 0. The molecule has 1 heterocycles. The fourth-order valence-corrected chi connectivity index (χ4v) is 3.13. The van der Waals surface area contributed by atoms with Crippen molar-refractivity contribution < 1.29 is 19.2 Å². The van der Waals surface area contributed by atoms with Crippen LogP contribution in [0.5, 0.6) is 0 Å². The molecule has 1 aromatic rings. The molecule has 0 unspecified atom stereocenters. The van der Waals surface area contributed by atoms with Crippen molar-refractivity contribution in [3.63, 3.8) is 0 Å². The molecule has 3 N–H and O–H groups in total. The Morgan fingerprint density at radius 2 is 2.00 bits per heavy atom. The number of hydrogen-bond acceptors (Lipinski definition) is 5. The third-order valence-electron chi connectivity index (χ3n) is 3.77. The quantitative estimate of drug-likeness (QED) is 0.486. The monoisotopic (exact) mass is 378 g/mol. The maximum atomic E-state index is 12.0. The first-order valence-electron chi connectivity index (χ1n) is 8.08. The number of benzene rings is 1. The molecule has 0 saturated carbocycles. The van der Waals surface area contributed by atoms with Gasteiger partial charge in [-0.05, 0) is 32.0 Å². The van der Waals surface area contributed by atoms with Gasteiger partial charge in [-0.25, -0.2) is 4.79 Å². The van der Waals surface area contributed by atoms with Crippen LogP contribution >= 0.6 is 11.8 Å². The predicted molar refractivity (Wildman–Crippen MR) is 100 cm³/mol. The largest absolute Gasteiger partial charge is 0.355 e. The van der Waals surface area contributed by atoms with E-state index < -0.39 is 11.6 Å². The van der Waals surface area contributed by atoms with Crippen LogP contribution in [0, 0.1) is 0 Å². The standard InChI is InChI=1S/C17H22N4O4S/c1-17(2)15(24)21(16(25)20-17)7-8-26-10-13(22)19-12-6-4-5-11(9-12)14(23)18-3/h4-6,9H,7-8,10H2,1-3H3,(H,18,23)(H,19,22)(H,20,25). The molecule has 0 aliphatic carbocycles. The van der Waals surface area contributed by atoms with E-state index in [1.807, 2.05) is 0 Å². The van der Waals surface area contributed by atoms with Crippen molar-refractivity contribution in [1.82, 2.24) is 15.5 Å². The minimum absolute atomic E-state index is 0.178. The van der Waals surface area contributed by atoms with Gasteiger partial charge in [0.05, 0.1) is 5.75 Å². The zero-order valence-corrected chi connectivity index (χ0v) is 15.7. The van der Waals surface area contributed by atoms with Crippen molar-refractivity contribution in [2.24, 2.45) is 0 Å². The van der Waals surface area contributed by atoms with Gasteiger partial charge in [0.1, 0.15) is 5.54 Å². The van der Waals surface area contributed by atoms with E-state index in [4.69, 9.17) is 0 Å². The van der Waals surface area contributed by atoms with Gasteiger partial charge in [-0.15, -0.1) is 0 Å². The molecule has 0 spiro atoms. The Morgan fingerprint density at radius 3 is 2.62 bits per heavy atom. The number of rotatable bonds is 7. The molecule has 1 saturated heterocycles. The summed E-state index contributed by atoms with van der Waals surface area (Å²) >= 11 is 1.32. The molecule has 5 amide bonds. The van der Waals surface area contributed by atoms with Crippen molar-refractivity contribution in [3.8, 4) is 0 Å². The van der Waals surface area contributed by atoms with Crippen LogP contribution < -0.4 is 16.0 Å². The van der Waals surface area contributed by atoms with Gasteiger partial charge in [-0.3, -0.25) is 19.3 Å². The molecule has 2 rings (SSSR count). The maximum Gasteiger partial charge on any atom is 0.325 e. The highest BCUT2D eigenvalue weighted by Crippen LogP contribution is 2.17. The second-order valence-corrected chi connectivity index (χ2v) is 7.38. The highest BCUT2D eigenvalue weighted by atomic mass is 32.2. The van der Waals surface area contributed by atoms with Gasteiger partial charge in [0.2, 0.25) is 5.91 Å². The van der Waals surface area contributed by atoms with E-state index in [2.05, 4.69) is 16.0 Å². The molecule has 1 aliphatic heterocycles. The summed E-state index contributed by atoms with van der Waals surface area (Å²) in [7, 11) is 1.54. The normalized spacial score (nSPS) is 15.6.